The van der Waals surface area contributed by atoms with Gasteiger partial charge in [-0.15, -0.1) is 0 Å². The minimum absolute atomic E-state index is 0.0118. The van der Waals surface area contributed by atoms with Gasteiger partial charge in [0.15, 0.2) is 5.96 Å². The summed E-state index contributed by atoms with van der Waals surface area (Å²) in [6.45, 7) is 5.82. The first kappa shape index (κ1) is 19.8. The van der Waals surface area contributed by atoms with Gasteiger partial charge < -0.3 is 15.4 Å². The van der Waals surface area contributed by atoms with Crippen LogP contribution < -0.4 is 15.4 Å². The number of nitrogens with zero attached hydrogens (tertiary/aromatic N) is 2. The molecule has 0 bridgehead atoms. The molecule has 156 valence electrons. The van der Waals surface area contributed by atoms with Gasteiger partial charge in [0.2, 0.25) is 0 Å². The van der Waals surface area contributed by atoms with Gasteiger partial charge in [-0.2, -0.15) is 5.10 Å². The molecule has 4 rings (SSSR count). The number of ether oxygens (including phenoxy) is 1. The van der Waals surface area contributed by atoms with Crippen LogP contribution in [0.1, 0.15) is 68.3 Å². The van der Waals surface area contributed by atoms with Gasteiger partial charge in [-0.1, -0.05) is 18.2 Å². The van der Waals surface area contributed by atoms with Crippen molar-refractivity contribution in [2.45, 2.75) is 70.4 Å². The predicted molar refractivity (Wildman–Crippen MR) is 116 cm³/mol. The van der Waals surface area contributed by atoms with Crippen molar-refractivity contribution in [1.82, 2.24) is 20.8 Å². The van der Waals surface area contributed by atoms with Gasteiger partial charge in [0, 0.05) is 30.8 Å². The fourth-order valence-corrected chi connectivity index (χ4v) is 4.65. The summed E-state index contributed by atoms with van der Waals surface area (Å²) in [5.41, 5.74) is 3.66. The van der Waals surface area contributed by atoms with Gasteiger partial charge in [0.25, 0.3) is 0 Å². The SMILES string of the molecule is CCNC(=NCCCc1cn[nH]c1C)NC1CC2(CCCC2)Oc2ccccc21. The predicted octanol–water partition coefficient (Wildman–Crippen LogP) is 4.04. The van der Waals surface area contributed by atoms with E-state index in [0.29, 0.717) is 0 Å². The highest BCUT2D eigenvalue weighted by molar-refractivity contribution is 5.80. The van der Waals surface area contributed by atoms with Crippen molar-refractivity contribution in [3.8, 4) is 5.75 Å². The highest BCUT2D eigenvalue weighted by Gasteiger charge is 2.43. The zero-order valence-electron chi connectivity index (χ0n) is 17.6. The molecule has 6 nitrogen and oxygen atoms in total. The van der Waals surface area contributed by atoms with E-state index in [2.05, 4.69) is 58.9 Å². The number of rotatable bonds is 6. The third-order valence-electron chi connectivity index (χ3n) is 6.18. The highest BCUT2D eigenvalue weighted by Crippen LogP contribution is 2.46. The lowest BCUT2D eigenvalue weighted by Gasteiger charge is -2.40. The summed E-state index contributed by atoms with van der Waals surface area (Å²) >= 11 is 0. The van der Waals surface area contributed by atoms with Crippen LogP contribution in [-0.2, 0) is 6.42 Å². The summed E-state index contributed by atoms with van der Waals surface area (Å²) in [4.78, 5) is 4.85. The van der Waals surface area contributed by atoms with Gasteiger partial charge in [-0.3, -0.25) is 10.1 Å². The van der Waals surface area contributed by atoms with Gasteiger partial charge in [-0.25, -0.2) is 0 Å². The standard InChI is InChI=1S/C23H33N5O/c1-3-24-22(25-14-8-9-18-16-26-28-17(18)2)27-20-15-23(12-6-7-13-23)29-21-11-5-4-10-19(20)21/h4-5,10-11,16,20H,3,6-9,12-15H2,1-2H3,(H,26,28)(H2,24,25,27). The molecule has 2 aromatic rings. The third-order valence-corrected chi connectivity index (χ3v) is 6.18. The van der Waals surface area contributed by atoms with Crippen LogP contribution in [0.4, 0.5) is 0 Å². The topological polar surface area (TPSA) is 74.3 Å². The second kappa shape index (κ2) is 8.89. The molecular formula is C23H33N5O. The molecule has 6 heteroatoms. The number of benzene rings is 1. The Labute approximate surface area is 173 Å². The maximum atomic E-state index is 6.49. The maximum Gasteiger partial charge on any atom is 0.191 e. The Hall–Kier alpha value is -2.50. The zero-order chi connectivity index (χ0) is 20.1. The lowest BCUT2D eigenvalue weighted by atomic mass is 9.86. The van der Waals surface area contributed by atoms with Gasteiger partial charge in [-0.05, 0) is 64.0 Å². The maximum absolute atomic E-state index is 6.49. The fraction of sp³-hybridized carbons (Fsp3) is 0.565. The number of aromatic nitrogens is 2. The van der Waals surface area contributed by atoms with E-state index in [-0.39, 0.29) is 11.6 Å². The van der Waals surface area contributed by atoms with E-state index in [1.807, 2.05) is 6.20 Å². The van der Waals surface area contributed by atoms with E-state index in [1.54, 1.807) is 0 Å². The average molecular weight is 396 g/mol. The number of guanidine groups is 1. The molecule has 1 saturated carbocycles. The van der Waals surface area contributed by atoms with Crippen molar-refractivity contribution in [2.24, 2.45) is 4.99 Å². The second-order valence-corrected chi connectivity index (χ2v) is 8.32. The van der Waals surface area contributed by atoms with Gasteiger partial charge >= 0.3 is 0 Å². The van der Waals surface area contributed by atoms with Crippen LogP contribution in [0.25, 0.3) is 0 Å². The number of aryl methyl sites for hydroxylation is 2. The van der Waals surface area contributed by atoms with E-state index in [4.69, 9.17) is 9.73 Å². The highest BCUT2D eigenvalue weighted by atomic mass is 16.5. The molecule has 1 aromatic carbocycles. The number of para-hydroxylation sites is 1. The molecule has 1 aliphatic carbocycles. The molecule has 1 unspecified atom stereocenters. The van der Waals surface area contributed by atoms with E-state index < -0.39 is 0 Å². The third kappa shape index (κ3) is 4.57. The number of nitrogens with one attached hydrogen (secondary N) is 3. The number of hydrogen-bond acceptors (Lipinski definition) is 3. The molecule has 0 radical (unpaired) electrons. The summed E-state index contributed by atoms with van der Waals surface area (Å²) in [7, 11) is 0. The van der Waals surface area contributed by atoms with Crippen molar-refractivity contribution >= 4 is 5.96 Å². The number of hydrogen-bond donors (Lipinski definition) is 3. The summed E-state index contributed by atoms with van der Waals surface area (Å²) in [5, 5.41) is 14.2. The van der Waals surface area contributed by atoms with Gasteiger partial charge in [0.05, 0.1) is 12.2 Å². The Morgan fingerprint density at radius 3 is 2.90 bits per heavy atom. The molecule has 1 fully saturated rings. The summed E-state index contributed by atoms with van der Waals surface area (Å²) in [6, 6.07) is 8.69. The zero-order valence-corrected chi connectivity index (χ0v) is 17.6. The van der Waals surface area contributed by atoms with Crippen molar-refractivity contribution in [2.75, 3.05) is 13.1 Å². The Kier molecular flexibility index (Phi) is 6.07. The first-order valence-electron chi connectivity index (χ1n) is 11.0. The quantitative estimate of drug-likeness (QED) is 0.392. The summed E-state index contributed by atoms with van der Waals surface area (Å²) in [5.74, 6) is 1.93. The molecule has 29 heavy (non-hydrogen) atoms. The molecule has 1 spiro atoms. The molecule has 0 saturated heterocycles. The minimum atomic E-state index is -0.0118. The van der Waals surface area contributed by atoms with Crippen LogP contribution in [0.5, 0.6) is 5.75 Å². The van der Waals surface area contributed by atoms with E-state index >= 15 is 0 Å². The number of fused-ring (bicyclic) bond motifs is 1. The summed E-state index contributed by atoms with van der Waals surface area (Å²) in [6.07, 6.45) is 9.74. The normalized spacial score (nSPS) is 20.3. The Balaban J connectivity index is 1.44. The number of H-pyrrole nitrogens is 1. The van der Waals surface area contributed by atoms with Crippen LogP contribution in [0, 0.1) is 6.92 Å². The first-order chi connectivity index (χ1) is 14.2. The number of aliphatic imine (C=N–C) groups is 1. The number of aromatic amines is 1. The smallest absolute Gasteiger partial charge is 0.191 e. The molecule has 3 N–H and O–H groups in total. The molecular weight excluding hydrogens is 362 g/mol. The van der Waals surface area contributed by atoms with E-state index in [0.717, 1.165) is 62.6 Å². The van der Waals surface area contributed by atoms with Crippen LogP contribution in [0.2, 0.25) is 0 Å². The Bertz CT molecular complexity index is 837. The molecule has 1 aromatic heterocycles. The largest absolute Gasteiger partial charge is 0.487 e. The van der Waals surface area contributed by atoms with Crippen LogP contribution in [0.3, 0.4) is 0 Å². The minimum Gasteiger partial charge on any atom is -0.487 e. The second-order valence-electron chi connectivity index (χ2n) is 8.32. The van der Waals surface area contributed by atoms with E-state index in [1.165, 1.54) is 24.0 Å². The fourth-order valence-electron chi connectivity index (χ4n) is 4.65. The van der Waals surface area contributed by atoms with Crippen molar-refractivity contribution in [1.29, 1.82) is 0 Å². The lowest BCUT2D eigenvalue weighted by Crippen LogP contribution is -2.46. The molecule has 0 amide bonds. The Morgan fingerprint density at radius 1 is 1.31 bits per heavy atom. The van der Waals surface area contributed by atoms with Gasteiger partial charge in [0.1, 0.15) is 11.4 Å². The Morgan fingerprint density at radius 2 is 2.14 bits per heavy atom. The molecule has 2 heterocycles. The van der Waals surface area contributed by atoms with Crippen molar-refractivity contribution in [3.05, 3.63) is 47.3 Å². The first-order valence-corrected chi connectivity index (χ1v) is 11.0. The van der Waals surface area contributed by atoms with Crippen LogP contribution >= 0.6 is 0 Å². The monoisotopic (exact) mass is 395 g/mol. The van der Waals surface area contributed by atoms with Crippen LogP contribution in [-0.4, -0.2) is 34.8 Å². The molecule has 2 aliphatic rings. The van der Waals surface area contributed by atoms with Crippen molar-refractivity contribution in [3.63, 3.8) is 0 Å². The lowest BCUT2D eigenvalue weighted by molar-refractivity contribution is 0.0396. The molecule has 1 atom stereocenters. The molecule has 1 aliphatic heterocycles. The summed E-state index contributed by atoms with van der Waals surface area (Å²) < 4.78 is 6.49. The van der Waals surface area contributed by atoms with E-state index in [9.17, 15) is 0 Å². The van der Waals surface area contributed by atoms with Crippen LogP contribution in [0.15, 0.2) is 35.5 Å². The average Bonchev–Trinajstić information content (AvgIpc) is 3.34. The van der Waals surface area contributed by atoms with Crippen molar-refractivity contribution < 1.29 is 4.74 Å².